The molecule has 50 valence electrons. The van der Waals surface area contributed by atoms with E-state index in [0.29, 0.717) is 0 Å². The molecule has 1 aromatic heterocycles. The van der Waals surface area contributed by atoms with Gasteiger partial charge in [-0.05, 0) is 11.6 Å². The van der Waals surface area contributed by atoms with Crippen LogP contribution < -0.4 is 0 Å². The first kappa shape index (κ1) is 8.46. The number of carbonyl (C=O) groups excluding carboxylic acids is 1. The van der Waals surface area contributed by atoms with Gasteiger partial charge in [-0.3, -0.25) is 4.79 Å². The summed E-state index contributed by atoms with van der Waals surface area (Å²) in [4.78, 5) is 16.4. The average molecular weight is 167 g/mol. The number of carbonyl (C=O) groups is 1. The summed E-state index contributed by atoms with van der Waals surface area (Å²) in [6, 6.07) is 0. The molecule has 0 saturated heterocycles. The molecule has 9 heavy (non-hydrogen) atoms. The van der Waals surface area contributed by atoms with E-state index in [-0.39, 0.29) is 18.1 Å². The number of aromatic nitrogens is 2. The Labute approximate surface area is 62.8 Å². The normalized spacial score (nSPS) is 8.11. The number of halogens is 2. The summed E-state index contributed by atoms with van der Waals surface area (Å²) < 4.78 is 0. The van der Waals surface area contributed by atoms with Crippen molar-refractivity contribution in [2.75, 3.05) is 0 Å². The van der Waals surface area contributed by atoms with E-state index in [1.54, 1.807) is 0 Å². The maximum atomic E-state index is 10.2. The van der Waals surface area contributed by atoms with Gasteiger partial charge < -0.3 is 4.98 Å². The van der Waals surface area contributed by atoms with E-state index in [9.17, 15) is 4.79 Å². The van der Waals surface area contributed by atoms with Gasteiger partial charge in [-0.25, -0.2) is 4.98 Å². The molecule has 0 amide bonds. The molecule has 0 aliphatic carbocycles. The molecule has 1 N–H and O–H groups in total. The summed E-state index contributed by atoms with van der Waals surface area (Å²) in [5.41, 5.74) is 0.256. The van der Waals surface area contributed by atoms with Crippen molar-refractivity contribution in [1.29, 1.82) is 0 Å². The highest BCUT2D eigenvalue weighted by molar-refractivity contribution is 6.67. The Bertz CT molecular complexity index is 184. The minimum absolute atomic E-state index is 0. The third-order valence-corrected chi connectivity index (χ3v) is 0.893. The molecule has 0 aliphatic rings. The molecule has 0 saturated carbocycles. The summed E-state index contributed by atoms with van der Waals surface area (Å²) in [7, 11) is 0. The highest BCUT2D eigenvalue weighted by atomic mass is 35.5. The number of aromatic amines is 1. The van der Waals surface area contributed by atoms with Crippen LogP contribution in [0.5, 0.6) is 0 Å². The van der Waals surface area contributed by atoms with Gasteiger partial charge in [0.2, 0.25) is 0 Å². The van der Waals surface area contributed by atoms with Gasteiger partial charge in [-0.1, -0.05) is 0 Å². The lowest BCUT2D eigenvalue weighted by atomic mass is 10.5. The minimum Gasteiger partial charge on any atom is -0.350 e. The summed E-state index contributed by atoms with van der Waals surface area (Å²) in [5.74, 6) is 0. The van der Waals surface area contributed by atoms with Crippen LogP contribution in [0.1, 0.15) is 10.5 Å². The van der Waals surface area contributed by atoms with Crippen LogP contribution in [0.3, 0.4) is 0 Å². The first-order valence-corrected chi connectivity index (χ1v) is 2.37. The Morgan fingerprint density at radius 3 is 2.67 bits per heavy atom. The van der Waals surface area contributed by atoms with Crippen molar-refractivity contribution in [3.05, 3.63) is 18.2 Å². The molecule has 0 aromatic carbocycles. The highest BCUT2D eigenvalue weighted by Crippen LogP contribution is 1.94. The quantitative estimate of drug-likeness (QED) is 0.639. The maximum Gasteiger partial charge on any atom is 0.272 e. The van der Waals surface area contributed by atoms with Crippen molar-refractivity contribution in [3.63, 3.8) is 0 Å². The maximum absolute atomic E-state index is 10.2. The van der Waals surface area contributed by atoms with Crippen molar-refractivity contribution in [2.45, 2.75) is 0 Å². The van der Waals surface area contributed by atoms with E-state index < -0.39 is 5.24 Å². The lowest BCUT2D eigenvalue weighted by molar-refractivity contribution is 0.107. The van der Waals surface area contributed by atoms with Crippen molar-refractivity contribution in [3.8, 4) is 0 Å². The smallest absolute Gasteiger partial charge is 0.272 e. The number of nitrogens with one attached hydrogen (secondary N) is 1. The molecule has 1 rings (SSSR count). The van der Waals surface area contributed by atoms with E-state index in [1.807, 2.05) is 0 Å². The summed E-state index contributed by atoms with van der Waals surface area (Å²) >= 11 is 5.02. The molecule has 0 unspecified atom stereocenters. The van der Waals surface area contributed by atoms with Crippen molar-refractivity contribution < 1.29 is 4.79 Å². The molecular formula is C4H4Cl2N2O. The fraction of sp³-hybridized carbons (Fsp3) is 0. The molecular weight excluding hydrogens is 163 g/mol. The molecule has 0 aliphatic heterocycles. The summed E-state index contributed by atoms with van der Waals surface area (Å²) in [5, 5.41) is -0.536. The van der Waals surface area contributed by atoms with Crippen LogP contribution >= 0.6 is 24.0 Å². The van der Waals surface area contributed by atoms with Crippen LogP contribution in [0.2, 0.25) is 0 Å². The zero-order valence-electron chi connectivity index (χ0n) is 4.30. The summed E-state index contributed by atoms with van der Waals surface area (Å²) in [6.07, 6.45) is 2.84. The Hall–Kier alpha value is -0.540. The predicted octanol–water partition coefficient (Wildman–Crippen LogP) is 1.21. The van der Waals surface area contributed by atoms with E-state index >= 15 is 0 Å². The molecule has 1 aromatic rings. The number of hydrogen-bond acceptors (Lipinski definition) is 2. The van der Waals surface area contributed by atoms with Gasteiger partial charge in [0, 0.05) is 6.20 Å². The third kappa shape index (κ3) is 2.03. The van der Waals surface area contributed by atoms with E-state index in [1.165, 1.54) is 12.5 Å². The number of nitrogens with zero attached hydrogens (tertiary/aromatic N) is 1. The second kappa shape index (κ2) is 3.48. The van der Waals surface area contributed by atoms with Crippen LogP contribution in [0, 0.1) is 0 Å². The molecule has 0 radical (unpaired) electrons. The Kier molecular flexibility index (Phi) is 3.27. The molecule has 5 heteroatoms. The average Bonchev–Trinajstić information content (AvgIpc) is 2.12. The number of rotatable bonds is 1. The number of H-pyrrole nitrogens is 1. The van der Waals surface area contributed by atoms with Gasteiger partial charge in [0.15, 0.2) is 0 Å². The zero-order chi connectivity index (χ0) is 5.98. The predicted molar refractivity (Wildman–Crippen MR) is 36.0 cm³/mol. The van der Waals surface area contributed by atoms with Gasteiger partial charge in [-0.2, -0.15) is 0 Å². The zero-order valence-corrected chi connectivity index (χ0v) is 5.87. The van der Waals surface area contributed by atoms with Crippen LogP contribution in [0.4, 0.5) is 0 Å². The highest BCUT2D eigenvalue weighted by Gasteiger charge is 1.99. The third-order valence-electron chi connectivity index (χ3n) is 0.700. The Morgan fingerprint density at radius 1 is 1.78 bits per heavy atom. The van der Waals surface area contributed by atoms with E-state index in [4.69, 9.17) is 11.6 Å². The van der Waals surface area contributed by atoms with Crippen LogP contribution in [-0.4, -0.2) is 15.2 Å². The first-order valence-electron chi connectivity index (χ1n) is 1.99. The lowest BCUT2D eigenvalue weighted by Crippen LogP contribution is -1.85. The van der Waals surface area contributed by atoms with Crippen molar-refractivity contribution >= 4 is 29.3 Å². The second-order valence-electron chi connectivity index (χ2n) is 1.23. The largest absolute Gasteiger partial charge is 0.350 e. The van der Waals surface area contributed by atoms with Crippen LogP contribution in [0.15, 0.2) is 12.5 Å². The van der Waals surface area contributed by atoms with Crippen molar-refractivity contribution in [2.24, 2.45) is 0 Å². The lowest BCUT2D eigenvalue weighted by Gasteiger charge is -1.75. The SMILES string of the molecule is Cl.O=C(Cl)c1c[nH]cn1. The van der Waals surface area contributed by atoms with Gasteiger partial charge in [0.1, 0.15) is 5.69 Å². The summed E-state index contributed by atoms with van der Waals surface area (Å²) in [6.45, 7) is 0. The molecule has 1 heterocycles. The van der Waals surface area contributed by atoms with E-state index in [2.05, 4.69) is 9.97 Å². The molecule has 0 atom stereocenters. The van der Waals surface area contributed by atoms with Crippen LogP contribution in [0.25, 0.3) is 0 Å². The number of imidazole rings is 1. The van der Waals surface area contributed by atoms with Gasteiger partial charge in [0.25, 0.3) is 5.24 Å². The van der Waals surface area contributed by atoms with Crippen LogP contribution in [-0.2, 0) is 0 Å². The topological polar surface area (TPSA) is 45.8 Å². The molecule has 0 fully saturated rings. The second-order valence-corrected chi connectivity index (χ2v) is 1.57. The van der Waals surface area contributed by atoms with Gasteiger partial charge in [-0.15, -0.1) is 12.4 Å². The Morgan fingerprint density at radius 2 is 2.44 bits per heavy atom. The standard InChI is InChI=1S/C4H3ClN2O.ClH/c5-4(8)3-1-6-2-7-3;/h1-2H,(H,6,7);1H. The van der Waals surface area contributed by atoms with Gasteiger partial charge in [0.05, 0.1) is 6.33 Å². The Balaban J connectivity index is 0.000000640. The van der Waals surface area contributed by atoms with E-state index in [0.717, 1.165) is 0 Å². The molecule has 3 nitrogen and oxygen atoms in total. The number of hydrogen-bond donors (Lipinski definition) is 1. The first-order chi connectivity index (χ1) is 3.80. The molecule has 0 spiro atoms. The monoisotopic (exact) mass is 166 g/mol. The minimum atomic E-state index is -0.536. The van der Waals surface area contributed by atoms with Gasteiger partial charge >= 0.3 is 0 Å². The fourth-order valence-corrected chi connectivity index (χ4v) is 0.471. The van der Waals surface area contributed by atoms with Crippen molar-refractivity contribution in [1.82, 2.24) is 9.97 Å². The fourth-order valence-electron chi connectivity index (χ4n) is 0.368. The molecule has 0 bridgehead atoms.